The summed E-state index contributed by atoms with van der Waals surface area (Å²) in [5.74, 6) is -1.55. The van der Waals surface area contributed by atoms with E-state index < -0.39 is 11.9 Å². The first kappa shape index (κ1) is 15.2. The molecule has 0 saturated carbocycles. The van der Waals surface area contributed by atoms with Crippen LogP contribution in [0.25, 0.3) is 0 Å². The molecule has 0 spiro atoms. The van der Waals surface area contributed by atoms with E-state index in [0.717, 1.165) is 4.68 Å². The predicted octanol–water partition coefficient (Wildman–Crippen LogP) is 0.995. The molecule has 0 unspecified atom stereocenters. The van der Waals surface area contributed by atoms with Crippen molar-refractivity contribution in [3.63, 3.8) is 0 Å². The molecule has 0 aromatic carbocycles. The van der Waals surface area contributed by atoms with E-state index in [0.29, 0.717) is 5.69 Å². The summed E-state index contributed by atoms with van der Waals surface area (Å²) in [6.45, 7) is -0.244. The Balaban J connectivity index is 1.99. The zero-order chi connectivity index (χ0) is 15.4. The maximum atomic E-state index is 11.9. The number of carboxylic acids is 1. The maximum absolute atomic E-state index is 11.9. The number of halogens is 2. The van der Waals surface area contributed by atoms with Crippen molar-refractivity contribution in [2.75, 3.05) is 0 Å². The Labute approximate surface area is 128 Å². The monoisotopic (exact) mass is 329 g/mol. The van der Waals surface area contributed by atoms with Crippen LogP contribution < -0.4 is 5.32 Å². The Morgan fingerprint density at radius 2 is 2.10 bits per heavy atom. The van der Waals surface area contributed by atoms with Gasteiger partial charge in [0.15, 0.2) is 0 Å². The SMILES string of the molecule is O=C(O)Cn1cc(CNC(=O)c2nc(Cl)ccc2Cl)nn1. The number of rotatable bonds is 5. The van der Waals surface area contributed by atoms with Crippen LogP contribution in [0.1, 0.15) is 16.2 Å². The molecule has 0 atom stereocenters. The van der Waals surface area contributed by atoms with Gasteiger partial charge in [0.05, 0.1) is 17.8 Å². The van der Waals surface area contributed by atoms with Gasteiger partial charge in [0.1, 0.15) is 23.1 Å². The molecule has 2 N–H and O–H groups in total. The lowest BCUT2D eigenvalue weighted by Gasteiger charge is -2.04. The molecule has 10 heteroatoms. The molecule has 2 heterocycles. The molecule has 0 saturated heterocycles. The summed E-state index contributed by atoms with van der Waals surface area (Å²) in [6.07, 6.45) is 1.42. The average Bonchev–Trinajstić information content (AvgIpc) is 2.85. The Morgan fingerprint density at radius 1 is 1.33 bits per heavy atom. The number of amides is 1. The largest absolute Gasteiger partial charge is 0.480 e. The highest BCUT2D eigenvalue weighted by atomic mass is 35.5. The van der Waals surface area contributed by atoms with E-state index in [4.69, 9.17) is 28.3 Å². The summed E-state index contributed by atoms with van der Waals surface area (Å²) in [6, 6.07) is 2.94. The van der Waals surface area contributed by atoms with Gasteiger partial charge in [0, 0.05) is 0 Å². The van der Waals surface area contributed by atoms with Crippen LogP contribution in [-0.4, -0.2) is 37.0 Å². The number of nitrogens with one attached hydrogen (secondary N) is 1. The predicted molar refractivity (Wildman–Crippen MR) is 73.1 cm³/mol. The van der Waals surface area contributed by atoms with E-state index in [9.17, 15) is 9.59 Å². The highest BCUT2D eigenvalue weighted by Crippen LogP contribution is 2.16. The quantitative estimate of drug-likeness (QED) is 0.791. The summed E-state index contributed by atoms with van der Waals surface area (Å²) in [5, 5.41) is 18.8. The molecule has 110 valence electrons. The number of hydrogen-bond donors (Lipinski definition) is 2. The Bertz CT molecular complexity index is 688. The second-order valence-corrected chi connectivity index (χ2v) is 4.74. The highest BCUT2D eigenvalue weighted by molar-refractivity contribution is 6.34. The number of hydrogen-bond acceptors (Lipinski definition) is 5. The minimum Gasteiger partial charge on any atom is -0.480 e. The lowest BCUT2D eigenvalue weighted by molar-refractivity contribution is -0.137. The zero-order valence-electron chi connectivity index (χ0n) is 10.5. The van der Waals surface area contributed by atoms with Gasteiger partial charge in [0.25, 0.3) is 5.91 Å². The second-order valence-electron chi connectivity index (χ2n) is 3.95. The standard InChI is InChI=1S/C11H9Cl2N5O3/c12-7-1-2-8(13)15-10(7)11(21)14-3-6-4-18(17-16-6)5-9(19)20/h1-2,4H,3,5H2,(H,14,21)(H,19,20). The Hall–Kier alpha value is -2.19. The molecule has 0 radical (unpaired) electrons. The van der Waals surface area contributed by atoms with Crippen LogP contribution in [0, 0.1) is 0 Å². The lowest BCUT2D eigenvalue weighted by Crippen LogP contribution is -2.24. The number of aliphatic carboxylic acids is 1. The fourth-order valence-corrected chi connectivity index (χ4v) is 1.81. The number of pyridine rings is 1. The topological polar surface area (TPSA) is 110 Å². The van der Waals surface area contributed by atoms with Crippen molar-refractivity contribution in [2.24, 2.45) is 0 Å². The second kappa shape index (κ2) is 6.51. The van der Waals surface area contributed by atoms with Crippen molar-refractivity contribution < 1.29 is 14.7 Å². The molecular formula is C11H9Cl2N5O3. The molecule has 0 aliphatic rings. The van der Waals surface area contributed by atoms with Crippen LogP contribution >= 0.6 is 23.2 Å². The number of nitrogens with zero attached hydrogens (tertiary/aromatic N) is 4. The summed E-state index contributed by atoms with van der Waals surface area (Å²) >= 11 is 11.6. The van der Waals surface area contributed by atoms with Crippen LogP contribution in [0.5, 0.6) is 0 Å². The van der Waals surface area contributed by atoms with Crippen molar-refractivity contribution in [3.8, 4) is 0 Å². The van der Waals surface area contributed by atoms with Gasteiger partial charge in [-0.1, -0.05) is 28.4 Å². The van der Waals surface area contributed by atoms with Crippen LogP contribution in [0.4, 0.5) is 0 Å². The molecule has 21 heavy (non-hydrogen) atoms. The van der Waals surface area contributed by atoms with E-state index in [-0.39, 0.29) is 29.0 Å². The fraction of sp³-hybridized carbons (Fsp3) is 0.182. The number of carboxylic acid groups (broad SMARTS) is 1. The zero-order valence-corrected chi connectivity index (χ0v) is 12.0. The number of aromatic nitrogens is 4. The third kappa shape index (κ3) is 4.14. The first-order valence-corrected chi connectivity index (χ1v) is 6.42. The van der Waals surface area contributed by atoms with Gasteiger partial charge < -0.3 is 10.4 Å². The van der Waals surface area contributed by atoms with Crippen LogP contribution in [-0.2, 0) is 17.9 Å². The first-order valence-electron chi connectivity index (χ1n) is 5.67. The molecular weight excluding hydrogens is 321 g/mol. The van der Waals surface area contributed by atoms with Gasteiger partial charge in [-0.3, -0.25) is 9.59 Å². The van der Waals surface area contributed by atoms with E-state index >= 15 is 0 Å². The third-order valence-corrected chi connectivity index (χ3v) is 2.86. The minimum absolute atomic E-state index is 0.00194. The summed E-state index contributed by atoms with van der Waals surface area (Å²) in [5.41, 5.74) is 0.407. The van der Waals surface area contributed by atoms with Crippen LogP contribution in [0.2, 0.25) is 10.2 Å². The van der Waals surface area contributed by atoms with Crippen LogP contribution in [0.3, 0.4) is 0 Å². The van der Waals surface area contributed by atoms with Gasteiger partial charge >= 0.3 is 5.97 Å². The molecule has 2 aromatic rings. The minimum atomic E-state index is -1.04. The molecule has 2 rings (SSSR count). The van der Waals surface area contributed by atoms with Crippen molar-refractivity contribution in [3.05, 3.63) is 39.9 Å². The lowest BCUT2D eigenvalue weighted by atomic mass is 10.3. The van der Waals surface area contributed by atoms with E-state index in [1.807, 2.05) is 0 Å². The molecule has 0 fully saturated rings. The molecule has 0 aliphatic heterocycles. The van der Waals surface area contributed by atoms with E-state index in [2.05, 4.69) is 20.6 Å². The van der Waals surface area contributed by atoms with Gasteiger partial charge in [-0.2, -0.15) is 0 Å². The van der Waals surface area contributed by atoms with E-state index in [1.54, 1.807) is 0 Å². The first-order chi connectivity index (χ1) is 9.95. The van der Waals surface area contributed by atoms with Crippen LogP contribution in [0.15, 0.2) is 18.3 Å². The number of carbonyl (C=O) groups excluding carboxylic acids is 1. The Kier molecular flexibility index (Phi) is 4.71. The molecule has 0 aliphatic carbocycles. The average molecular weight is 330 g/mol. The summed E-state index contributed by atoms with van der Waals surface area (Å²) < 4.78 is 1.15. The highest BCUT2D eigenvalue weighted by Gasteiger charge is 2.13. The van der Waals surface area contributed by atoms with Gasteiger partial charge in [-0.25, -0.2) is 9.67 Å². The van der Waals surface area contributed by atoms with Crippen molar-refractivity contribution in [1.29, 1.82) is 0 Å². The number of carbonyl (C=O) groups is 2. The van der Waals surface area contributed by atoms with Gasteiger partial charge in [0.2, 0.25) is 0 Å². The van der Waals surface area contributed by atoms with E-state index in [1.165, 1.54) is 18.3 Å². The van der Waals surface area contributed by atoms with Crippen molar-refractivity contribution >= 4 is 35.1 Å². The smallest absolute Gasteiger partial charge is 0.325 e. The van der Waals surface area contributed by atoms with Gasteiger partial charge in [-0.05, 0) is 12.1 Å². The normalized spacial score (nSPS) is 10.4. The third-order valence-electron chi connectivity index (χ3n) is 2.34. The van der Waals surface area contributed by atoms with Crippen molar-refractivity contribution in [2.45, 2.75) is 13.1 Å². The molecule has 1 amide bonds. The Morgan fingerprint density at radius 3 is 2.81 bits per heavy atom. The molecule has 8 nitrogen and oxygen atoms in total. The summed E-state index contributed by atoms with van der Waals surface area (Å²) in [4.78, 5) is 26.2. The molecule has 2 aromatic heterocycles. The van der Waals surface area contributed by atoms with Crippen molar-refractivity contribution in [1.82, 2.24) is 25.3 Å². The maximum Gasteiger partial charge on any atom is 0.325 e. The fourth-order valence-electron chi connectivity index (χ4n) is 1.47. The van der Waals surface area contributed by atoms with Gasteiger partial charge in [-0.15, -0.1) is 5.10 Å². The molecule has 0 bridgehead atoms. The summed E-state index contributed by atoms with van der Waals surface area (Å²) in [7, 11) is 0.